The molecule has 29 heavy (non-hydrogen) atoms. The van der Waals surface area contributed by atoms with Crippen molar-refractivity contribution in [2.45, 2.75) is 25.8 Å². The van der Waals surface area contributed by atoms with Crippen LogP contribution in [0.15, 0.2) is 48.5 Å². The summed E-state index contributed by atoms with van der Waals surface area (Å²) in [7, 11) is 0. The summed E-state index contributed by atoms with van der Waals surface area (Å²) in [6, 6.07) is 15.5. The molecule has 0 aromatic heterocycles. The van der Waals surface area contributed by atoms with Gasteiger partial charge in [-0.3, -0.25) is 14.9 Å². The third-order valence-electron chi connectivity index (χ3n) is 6.02. The van der Waals surface area contributed by atoms with Crippen molar-refractivity contribution >= 4 is 23.0 Å². The number of carbonyl (C=O) groups excluding carboxylic acids is 1. The van der Waals surface area contributed by atoms with Gasteiger partial charge in [0.1, 0.15) is 5.69 Å². The number of para-hydroxylation sites is 3. The summed E-state index contributed by atoms with van der Waals surface area (Å²) in [5, 5.41) is 11.3. The summed E-state index contributed by atoms with van der Waals surface area (Å²) in [6.45, 7) is 4.91. The summed E-state index contributed by atoms with van der Waals surface area (Å²) in [6.07, 6.45) is 2.10. The van der Waals surface area contributed by atoms with E-state index < -0.39 is 0 Å². The number of benzene rings is 2. The van der Waals surface area contributed by atoms with Gasteiger partial charge in [-0.15, -0.1) is 0 Å². The van der Waals surface area contributed by atoms with E-state index in [4.69, 9.17) is 0 Å². The van der Waals surface area contributed by atoms with Crippen molar-refractivity contribution in [2.24, 2.45) is 0 Å². The van der Waals surface area contributed by atoms with Crippen molar-refractivity contribution in [3.05, 3.63) is 64.2 Å². The van der Waals surface area contributed by atoms with Crippen LogP contribution in [0.2, 0.25) is 0 Å². The van der Waals surface area contributed by atoms with Gasteiger partial charge in [0.2, 0.25) is 5.91 Å². The number of nitrogens with zero attached hydrogens (tertiary/aromatic N) is 4. The lowest BCUT2D eigenvalue weighted by molar-refractivity contribution is -0.384. The molecule has 0 saturated carbocycles. The zero-order valence-corrected chi connectivity index (χ0v) is 16.7. The molecule has 0 radical (unpaired) electrons. The molecule has 2 aliphatic heterocycles. The van der Waals surface area contributed by atoms with E-state index in [1.807, 2.05) is 21.9 Å². The van der Waals surface area contributed by atoms with Gasteiger partial charge in [-0.2, -0.15) is 0 Å². The fraction of sp³-hybridized carbons (Fsp3) is 0.409. The lowest BCUT2D eigenvalue weighted by Crippen LogP contribution is -2.52. The quantitative estimate of drug-likeness (QED) is 0.589. The Morgan fingerprint density at radius 2 is 1.69 bits per heavy atom. The van der Waals surface area contributed by atoms with E-state index >= 15 is 0 Å². The molecule has 0 bridgehead atoms. The zero-order valence-electron chi connectivity index (χ0n) is 16.7. The Morgan fingerprint density at radius 3 is 2.41 bits per heavy atom. The average molecular weight is 394 g/mol. The topological polar surface area (TPSA) is 69.9 Å². The molecule has 152 valence electrons. The van der Waals surface area contributed by atoms with Crippen molar-refractivity contribution in [1.82, 2.24) is 4.90 Å². The maximum atomic E-state index is 13.0. The molecule has 1 unspecified atom stereocenters. The highest BCUT2D eigenvalue weighted by molar-refractivity contribution is 5.82. The van der Waals surface area contributed by atoms with E-state index in [1.54, 1.807) is 12.1 Å². The first-order valence-corrected chi connectivity index (χ1v) is 10.2. The Hall–Kier alpha value is -3.09. The molecule has 0 aliphatic carbocycles. The monoisotopic (exact) mass is 394 g/mol. The molecule has 2 heterocycles. The number of anilines is 2. The molecule has 1 fully saturated rings. The minimum atomic E-state index is -0.345. The van der Waals surface area contributed by atoms with Crippen LogP contribution in [0.3, 0.4) is 0 Å². The number of rotatable bonds is 4. The van der Waals surface area contributed by atoms with Gasteiger partial charge < -0.3 is 14.7 Å². The van der Waals surface area contributed by atoms with Gasteiger partial charge >= 0.3 is 0 Å². The van der Waals surface area contributed by atoms with Crippen molar-refractivity contribution in [3.63, 3.8) is 0 Å². The van der Waals surface area contributed by atoms with Gasteiger partial charge in [0.25, 0.3) is 5.69 Å². The van der Waals surface area contributed by atoms with Crippen LogP contribution < -0.4 is 9.80 Å². The molecule has 7 nitrogen and oxygen atoms in total. The molecule has 2 aromatic carbocycles. The van der Waals surface area contributed by atoms with Crippen molar-refractivity contribution < 1.29 is 9.72 Å². The number of hydrogen-bond donors (Lipinski definition) is 0. The lowest BCUT2D eigenvalue weighted by atomic mass is 9.96. The Kier molecular flexibility index (Phi) is 5.38. The number of fused-ring (bicyclic) bond motifs is 1. The Morgan fingerprint density at radius 1 is 1.03 bits per heavy atom. The van der Waals surface area contributed by atoms with Gasteiger partial charge in [0.15, 0.2) is 0 Å². The average Bonchev–Trinajstić information content (AvgIpc) is 2.75. The number of carbonyl (C=O) groups is 1. The lowest BCUT2D eigenvalue weighted by Gasteiger charge is -2.40. The Labute approximate surface area is 170 Å². The van der Waals surface area contributed by atoms with E-state index in [2.05, 4.69) is 30.0 Å². The van der Waals surface area contributed by atoms with Gasteiger partial charge in [-0.05, 0) is 37.5 Å². The highest BCUT2D eigenvalue weighted by Crippen LogP contribution is 2.31. The van der Waals surface area contributed by atoms with Crippen LogP contribution in [0, 0.1) is 10.1 Å². The third kappa shape index (κ3) is 3.90. The normalized spacial score (nSPS) is 19.1. The van der Waals surface area contributed by atoms with Crippen LogP contribution in [0.1, 0.15) is 18.9 Å². The summed E-state index contributed by atoms with van der Waals surface area (Å²) in [5.74, 6) is 0.121. The molecule has 2 aromatic rings. The molecule has 0 spiro atoms. The van der Waals surface area contributed by atoms with Crippen LogP contribution in [0.25, 0.3) is 0 Å². The van der Waals surface area contributed by atoms with Gasteiger partial charge in [0, 0.05) is 44.0 Å². The first-order valence-electron chi connectivity index (χ1n) is 10.2. The van der Waals surface area contributed by atoms with Gasteiger partial charge in [-0.1, -0.05) is 30.3 Å². The summed E-state index contributed by atoms with van der Waals surface area (Å²) in [5.41, 5.74) is 3.21. The molecule has 1 atom stereocenters. The molecule has 2 aliphatic rings. The second kappa shape index (κ2) is 8.11. The molecule has 1 saturated heterocycles. The van der Waals surface area contributed by atoms with E-state index in [9.17, 15) is 14.9 Å². The maximum absolute atomic E-state index is 13.0. The minimum Gasteiger partial charge on any atom is -0.362 e. The van der Waals surface area contributed by atoms with Gasteiger partial charge in [0.05, 0.1) is 11.5 Å². The summed E-state index contributed by atoms with van der Waals surface area (Å²) < 4.78 is 0. The minimum absolute atomic E-state index is 0.117. The fourth-order valence-corrected chi connectivity index (χ4v) is 4.33. The highest BCUT2D eigenvalue weighted by Gasteiger charge is 2.29. The SMILES string of the molecule is CC1CCc2ccccc2N1CC(=O)N1CCN(c2ccccc2[N+](=O)[O-])CC1. The number of piperazine rings is 1. The van der Waals surface area contributed by atoms with Crippen LogP contribution in [-0.4, -0.2) is 54.5 Å². The molecule has 0 N–H and O–H groups in total. The first kappa shape index (κ1) is 19.2. The van der Waals surface area contributed by atoms with Crippen molar-refractivity contribution in [1.29, 1.82) is 0 Å². The first-order chi connectivity index (χ1) is 14.0. The van der Waals surface area contributed by atoms with Crippen LogP contribution in [-0.2, 0) is 11.2 Å². The third-order valence-corrected chi connectivity index (χ3v) is 6.02. The molecule has 1 amide bonds. The standard InChI is InChI=1S/C22H26N4O3/c1-17-10-11-18-6-2-3-7-19(18)25(17)16-22(27)24-14-12-23(13-15-24)20-8-4-5-9-21(20)26(28)29/h2-9,17H,10-16H2,1H3. The maximum Gasteiger partial charge on any atom is 0.292 e. The molecular formula is C22H26N4O3. The number of aryl methyl sites for hydroxylation is 1. The predicted octanol–water partition coefficient (Wildman–Crippen LogP) is 3.08. The summed E-state index contributed by atoms with van der Waals surface area (Å²) >= 11 is 0. The van der Waals surface area contributed by atoms with E-state index in [1.165, 1.54) is 11.6 Å². The fourth-order valence-electron chi connectivity index (χ4n) is 4.33. The van der Waals surface area contributed by atoms with Gasteiger partial charge in [-0.25, -0.2) is 0 Å². The smallest absolute Gasteiger partial charge is 0.292 e. The van der Waals surface area contributed by atoms with E-state index in [-0.39, 0.29) is 16.5 Å². The highest BCUT2D eigenvalue weighted by atomic mass is 16.6. The number of hydrogen-bond acceptors (Lipinski definition) is 5. The Balaban J connectivity index is 1.41. The summed E-state index contributed by atoms with van der Waals surface area (Å²) in [4.78, 5) is 30.1. The predicted molar refractivity (Wildman–Crippen MR) is 113 cm³/mol. The van der Waals surface area contributed by atoms with E-state index in [0.717, 1.165) is 18.5 Å². The molecular weight excluding hydrogens is 368 g/mol. The van der Waals surface area contributed by atoms with E-state index in [0.29, 0.717) is 44.5 Å². The van der Waals surface area contributed by atoms with Crippen LogP contribution in [0.4, 0.5) is 17.1 Å². The Bertz CT molecular complexity index is 908. The molecule has 7 heteroatoms. The van der Waals surface area contributed by atoms with Crippen molar-refractivity contribution in [3.8, 4) is 0 Å². The zero-order chi connectivity index (χ0) is 20.4. The van der Waals surface area contributed by atoms with Crippen molar-refractivity contribution in [2.75, 3.05) is 42.5 Å². The van der Waals surface area contributed by atoms with Crippen LogP contribution in [0.5, 0.6) is 0 Å². The number of nitro groups is 1. The number of nitro benzene ring substituents is 1. The second-order valence-corrected chi connectivity index (χ2v) is 7.76. The molecule has 4 rings (SSSR count). The largest absolute Gasteiger partial charge is 0.362 e. The number of amides is 1. The second-order valence-electron chi connectivity index (χ2n) is 7.76. The van der Waals surface area contributed by atoms with Crippen LogP contribution >= 0.6 is 0 Å².